The molecule has 0 aliphatic heterocycles. The van der Waals surface area contributed by atoms with Crippen molar-refractivity contribution in [1.29, 1.82) is 0 Å². The van der Waals surface area contributed by atoms with E-state index >= 15 is 0 Å². The van der Waals surface area contributed by atoms with Crippen LogP contribution in [0.25, 0.3) is 5.57 Å². The fourth-order valence-corrected chi connectivity index (χ4v) is 3.40. The lowest BCUT2D eigenvalue weighted by Crippen LogP contribution is -2.24. The van der Waals surface area contributed by atoms with Gasteiger partial charge < -0.3 is 5.11 Å². The van der Waals surface area contributed by atoms with Crippen LogP contribution < -0.4 is 0 Å². The van der Waals surface area contributed by atoms with Gasteiger partial charge in [-0.2, -0.15) is 0 Å². The van der Waals surface area contributed by atoms with Crippen LogP contribution in [-0.4, -0.2) is 5.11 Å². The maximum absolute atomic E-state index is 11.6. The topological polar surface area (TPSA) is 20.2 Å². The smallest absolute Gasteiger partial charge is 0.119 e. The van der Waals surface area contributed by atoms with E-state index in [1.807, 2.05) is 60.7 Å². The van der Waals surface area contributed by atoms with Gasteiger partial charge in [-0.15, -0.1) is 0 Å². The van der Waals surface area contributed by atoms with E-state index in [4.69, 9.17) is 0 Å². The van der Waals surface area contributed by atoms with Gasteiger partial charge in [0.25, 0.3) is 0 Å². The lowest BCUT2D eigenvalue weighted by atomic mass is 9.83. The summed E-state index contributed by atoms with van der Waals surface area (Å²) in [5, 5.41) is 11.6. The Morgan fingerprint density at radius 3 is 2.04 bits per heavy atom. The van der Waals surface area contributed by atoms with Gasteiger partial charge >= 0.3 is 0 Å². The molecule has 1 unspecified atom stereocenters. The highest BCUT2D eigenvalue weighted by atomic mass is 16.3. The van der Waals surface area contributed by atoms with Crippen LogP contribution in [0.2, 0.25) is 0 Å². The lowest BCUT2D eigenvalue weighted by molar-refractivity contribution is 0.107. The number of rotatable bonds is 2. The molecule has 0 amide bonds. The van der Waals surface area contributed by atoms with E-state index in [1.165, 1.54) is 11.1 Å². The molecule has 0 heterocycles. The second-order valence-electron chi connectivity index (χ2n) is 6.03. The Labute approximate surface area is 136 Å². The highest BCUT2D eigenvalue weighted by molar-refractivity contribution is 5.80. The van der Waals surface area contributed by atoms with Crippen LogP contribution in [-0.2, 0) is 5.60 Å². The molecule has 2 aromatic carbocycles. The quantitative estimate of drug-likeness (QED) is 0.845. The minimum atomic E-state index is -0.977. The first-order chi connectivity index (χ1) is 11.3. The summed E-state index contributed by atoms with van der Waals surface area (Å²) >= 11 is 0. The molecule has 0 aromatic heterocycles. The molecule has 0 saturated carbocycles. The van der Waals surface area contributed by atoms with Gasteiger partial charge in [0.15, 0.2) is 0 Å². The van der Waals surface area contributed by atoms with Crippen molar-refractivity contribution < 1.29 is 5.11 Å². The normalized spacial score (nSPS) is 22.7. The minimum absolute atomic E-state index is 0.602. The van der Waals surface area contributed by atoms with Crippen molar-refractivity contribution in [2.75, 3.05) is 0 Å². The summed E-state index contributed by atoms with van der Waals surface area (Å²) in [6.45, 7) is 0. The van der Waals surface area contributed by atoms with Gasteiger partial charge in [-0.25, -0.2) is 0 Å². The molecule has 0 bridgehead atoms. The van der Waals surface area contributed by atoms with Crippen molar-refractivity contribution in [3.8, 4) is 0 Å². The van der Waals surface area contributed by atoms with Crippen LogP contribution in [0.3, 0.4) is 0 Å². The van der Waals surface area contributed by atoms with Crippen LogP contribution in [0.1, 0.15) is 17.5 Å². The Balaban J connectivity index is 1.89. The van der Waals surface area contributed by atoms with Crippen molar-refractivity contribution in [3.63, 3.8) is 0 Å². The van der Waals surface area contributed by atoms with Crippen LogP contribution in [0.4, 0.5) is 0 Å². The van der Waals surface area contributed by atoms with Crippen molar-refractivity contribution in [2.24, 2.45) is 0 Å². The largest absolute Gasteiger partial charge is 0.380 e. The summed E-state index contributed by atoms with van der Waals surface area (Å²) in [5.74, 6) is 0. The predicted molar refractivity (Wildman–Crippen MR) is 94.7 cm³/mol. The molecule has 2 aromatic rings. The van der Waals surface area contributed by atoms with Crippen LogP contribution in [0.5, 0.6) is 0 Å². The number of benzene rings is 2. The Bertz CT molecular complexity index is 824. The van der Waals surface area contributed by atoms with Crippen LogP contribution >= 0.6 is 0 Å². The fraction of sp³-hybridized carbons (Fsp3) is 0.0909. The van der Waals surface area contributed by atoms with Gasteiger partial charge in [0.05, 0.1) is 0 Å². The van der Waals surface area contributed by atoms with E-state index in [0.29, 0.717) is 6.42 Å². The van der Waals surface area contributed by atoms with Gasteiger partial charge in [0, 0.05) is 6.42 Å². The average molecular weight is 298 g/mol. The number of hydrogen-bond donors (Lipinski definition) is 1. The van der Waals surface area contributed by atoms with Gasteiger partial charge in [0.1, 0.15) is 5.60 Å². The van der Waals surface area contributed by atoms with Gasteiger partial charge in [0.2, 0.25) is 0 Å². The monoisotopic (exact) mass is 298 g/mol. The summed E-state index contributed by atoms with van der Waals surface area (Å²) in [5.41, 5.74) is 4.37. The predicted octanol–water partition coefficient (Wildman–Crippen LogP) is 4.78. The summed E-state index contributed by atoms with van der Waals surface area (Å²) < 4.78 is 0. The molecule has 23 heavy (non-hydrogen) atoms. The molecule has 112 valence electrons. The molecule has 0 fully saturated rings. The Morgan fingerprint density at radius 1 is 0.783 bits per heavy atom. The summed E-state index contributed by atoms with van der Waals surface area (Å²) in [7, 11) is 0. The first-order valence-corrected chi connectivity index (χ1v) is 7.91. The summed E-state index contributed by atoms with van der Waals surface area (Å²) in [4.78, 5) is 0. The molecule has 0 spiro atoms. The number of allylic oxidation sites excluding steroid dienone is 6. The van der Waals surface area contributed by atoms with Gasteiger partial charge in [-0.1, -0.05) is 91.0 Å². The van der Waals surface area contributed by atoms with E-state index < -0.39 is 5.60 Å². The van der Waals surface area contributed by atoms with Crippen molar-refractivity contribution in [1.82, 2.24) is 0 Å². The average Bonchev–Trinajstić information content (AvgIpc) is 3.25. The maximum Gasteiger partial charge on any atom is 0.119 e. The van der Waals surface area contributed by atoms with Crippen molar-refractivity contribution in [3.05, 3.63) is 113 Å². The standard InChI is InChI=1S/C22H18O/c23-22(20-13-5-2-6-14-20)16-19(17-9-7-8-10-17)15-21(22)18-11-3-1-4-12-18/h1-15,23H,16H2. The van der Waals surface area contributed by atoms with Crippen LogP contribution in [0.15, 0.2) is 102 Å². The molecule has 1 heteroatoms. The molecule has 2 aliphatic rings. The molecular formula is C22H18O. The van der Waals surface area contributed by atoms with Crippen molar-refractivity contribution in [2.45, 2.75) is 12.0 Å². The highest BCUT2D eigenvalue weighted by Crippen LogP contribution is 2.48. The molecule has 1 atom stereocenters. The van der Waals surface area contributed by atoms with E-state index in [1.54, 1.807) is 0 Å². The van der Waals surface area contributed by atoms with E-state index in [2.05, 4.69) is 30.4 Å². The number of aliphatic hydroxyl groups is 1. The zero-order chi connectivity index (χ0) is 15.7. The zero-order valence-electron chi connectivity index (χ0n) is 12.8. The first kappa shape index (κ1) is 14.0. The third-order valence-corrected chi connectivity index (χ3v) is 4.58. The Kier molecular flexibility index (Phi) is 3.36. The summed E-state index contributed by atoms with van der Waals surface area (Å²) in [6.07, 6.45) is 11.0. The number of hydrogen-bond acceptors (Lipinski definition) is 1. The SMILES string of the molecule is OC1(c2ccccc2)CC(=C2C=CC=C2)C=C1c1ccccc1. The maximum atomic E-state index is 11.6. The third kappa shape index (κ3) is 2.39. The molecule has 1 N–H and O–H groups in total. The second-order valence-corrected chi connectivity index (χ2v) is 6.03. The lowest BCUT2D eigenvalue weighted by Gasteiger charge is -2.27. The van der Waals surface area contributed by atoms with E-state index in [9.17, 15) is 5.11 Å². The molecule has 0 radical (unpaired) electrons. The van der Waals surface area contributed by atoms with Gasteiger partial charge in [-0.05, 0) is 27.8 Å². The van der Waals surface area contributed by atoms with E-state index in [0.717, 1.165) is 16.7 Å². The Morgan fingerprint density at radius 2 is 1.39 bits per heavy atom. The second kappa shape index (κ2) is 5.53. The molecular weight excluding hydrogens is 280 g/mol. The van der Waals surface area contributed by atoms with E-state index in [-0.39, 0.29) is 0 Å². The van der Waals surface area contributed by atoms with Crippen LogP contribution in [0, 0.1) is 0 Å². The first-order valence-electron chi connectivity index (χ1n) is 7.91. The molecule has 4 rings (SSSR count). The molecule has 0 saturated heterocycles. The zero-order valence-corrected chi connectivity index (χ0v) is 12.8. The highest BCUT2D eigenvalue weighted by Gasteiger charge is 2.40. The minimum Gasteiger partial charge on any atom is -0.380 e. The Hall–Kier alpha value is -2.64. The molecule has 2 aliphatic carbocycles. The summed E-state index contributed by atoms with van der Waals surface area (Å²) in [6, 6.07) is 20.1. The molecule has 1 nitrogen and oxygen atoms in total. The van der Waals surface area contributed by atoms with Crippen molar-refractivity contribution >= 4 is 5.57 Å². The third-order valence-electron chi connectivity index (χ3n) is 4.58. The fourth-order valence-electron chi connectivity index (χ4n) is 3.40. The van der Waals surface area contributed by atoms with Gasteiger partial charge in [-0.3, -0.25) is 0 Å².